The van der Waals surface area contributed by atoms with Gasteiger partial charge in [0.05, 0.1) is 11.1 Å². The third-order valence-corrected chi connectivity index (χ3v) is 4.53. The number of fused-ring (bicyclic) bond motifs is 1. The van der Waals surface area contributed by atoms with E-state index in [0.717, 1.165) is 19.5 Å². The lowest BCUT2D eigenvalue weighted by atomic mass is 10.0. The normalized spacial score (nSPS) is 19.6. The lowest BCUT2D eigenvalue weighted by Crippen LogP contribution is -2.31. The number of rotatable bonds is 5. The number of carbonyl (C=O) groups excluding carboxylic acids is 2. The Morgan fingerprint density at radius 1 is 1.12 bits per heavy atom. The molecule has 0 aliphatic carbocycles. The molecule has 1 saturated heterocycles. The van der Waals surface area contributed by atoms with E-state index < -0.39 is 0 Å². The molecule has 0 unspecified atom stereocenters. The molecule has 136 valence electrons. The lowest BCUT2D eigenvalue weighted by molar-refractivity contribution is -0.117. The second-order valence-corrected chi connectivity index (χ2v) is 6.31. The van der Waals surface area contributed by atoms with Crippen molar-refractivity contribution in [2.24, 2.45) is 0 Å². The van der Waals surface area contributed by atoms with Crippen LogP contribution in [0.4, 0.5) is 0 Å². The molecule has 0 spiro atoms. The minimum Gasteiger partial charge on any atom is -0.485 e. The Morgan fingerprint density at radius 2 is 1.88 bits per heavy atom. The second kappa shape index (κ2) is 9.59. The van der Waals surface area contributed by atoms with Gasteiger partial charge in [-0.1, -0.05) is 18.6 Å². The number of carbonyl (C=O) groups is 2. The number of nitrogens with one attached hydrogen (secondary N) is 1. The predicted molar refractivity (Wildman–Crippen MR) is 99.5 cm³/mol. The van der Waals surface area contributed by atoms with Gasteiger partial charge in [-0.05, 0) is 51.0 Å². The summed E-state index contributed by atoms with van der Waals surface area (Å²) in [4.78, 5) is 27.2. The van der Waals surface area contributed by atoms with E-state index in [9.17, 15) is 9.59 Å². The number of hydrogen-bond acceptors (Lipinski definition) is 5. The molecule has 6 heteroatoms. The molecular formula is C19H25ClN2O3. The van der Waals surface area contributed by atoms with Gasteiger partial charge in [0.1, 0.15) is 5.75 Å². The van der Waals surface area contributed by atoms with Crippen LogP contribution in [0.25, 0.3) is 0 Å². The fourth-order valence-electron chi connectivity index (χ4n) is 3.18. The SMILES string of the molecule is Cl.O=C1COc2ccccc2C(=O)/C1=C\NCCCN1CCCCC1. The number of piperidine rings is 1. The second-order valence-electron chi connectivity index (χ2n) is 6.31. The van der Waals surface area contributed by atoms with Crippen LogP contribution in [0.1, 0.15) is 36.0 Å². The summed E-state index contributed by atoms with van der Waals surface area (Å²) in [6, 6.07) is 6.99. The molecule has 0 aromatic heterocycles. The Kier molecular flexibility index (Phi) is 7.47. The van der Waals surface area contributed by atoms with Crippen molar-refractivity contribution in [1.29, 1.82) is 0 Å². The van der Waals surface area contributed by atoms with Crippen molar-refractivity contribution >= 4 is 24.0 Å². The van der Waals surface area contributed by atoms with Crippen LogP contribution in [0, 0.1) is 0 Å². The van der Waals surface area contributed by atoms with Crippen LogP contribution >= 0.6 is 12.4 Å². The van der Waals surface area contributed by atoms with E-state index in [-0.39, 0.29) is 36.2 Å². The highest BCUT2D eigenvalue weighted by atomic mass is 35.5. The van der Waals surface area contributed by atoms with E-state index in [1.807, 2.05) is 0 Å². The van der Waals surface area contributed by atoms with Gasteiger partial charge in [0, 0.05) is 12.7 Å². The maximum atomic E-state index is 12.5. The van der Waals surface area contributed by atoms with E-state index in [4.69, 9.17) is 4.74 Å². The van der Waals surface area contributed by atoms with Gasteiger partial charge in [0.2, 0.25) is 11.6 Å². The summed E-state index contributed by atoms with van der Waals surface area (Å²) in [5, 5.41) is 3.13. The number of ketones is 2. The molecule has 25 heavy (non-hydrogen) atoms. The summed E-state index contributed by atoms with van der Waals surface area (Å²) < 4.78 is 5.42. The molecule has 0 saturated carbocycles. The monoisotopic (exact) mass is 364 g/mol. The average Bonchev–Trinajstić information content (AvgIpc) is 2.74. The van der Waals surface area contributed by atoms with Crippen molar-refractivity contribution in [3.63, 3.8) is 0 Å². The molecule has 2 aliphatic heterocycles. The molecule has 1 aromatic rings. The van der Waals surface area contributed by atoms with Crippen molar-refractivity contribution in [3.8, 4) is 5.75 Å². The molecule has 3 rings (SSSR count). The molecular weight excluding hydrogens is 340 g/mol. The maximum absolute atomic E-state index is 12.5. The minimum atomic E-state index is -0.278. The van der Waals surface area contributed by atoms with Gasteiger partial charge in [-0.2, -0.15) is 0 Å². The van der Waals surface area contributed by atoms with Crippen molar-refractivity contribution in [3.05, 3.63) is 41.6 Å². The molecule has 0 radical (unpaired) electrons. The van der Waals surface area contributed by atoms with Gasteiger partial charge in [-0.25, -0.2) is 0 Å². The Labute approximate surface area is 154 Å². The number of likely N-dealkylation sites (tertiary alicyclic amines) is 1. The molecule has 0 bridgehead atoms. The van der Waals surface area contributed by atoms with E-state index in [1.165, 1.54) is 32.4 Å². The molecule has 5 nitrogen and oxygen atoms in total. The zero-order valence-corrected chi connectivity index (χ0v) is 15.1. The first-order valence-electron chi connectivity index (χ1n) is 8.71. The topological polar surface area (TPSA) is 58.6 Å². The Bertz CT molecular complexity index is 639. The number of nitrogens with zero attached hydrogens (tertiary/aromatic N) is 1. The van der Waals surface area contributed by atoms with Crippen LogP contribution in [-0.4, -0.2) is 49.3 Å². The van der Waals surface area contributed by atoms with Gasteiger partial charge in [0.15, 0.2) is 6.61 Å². The van der Waals surface area contributed by atoms with Crippen LogP contribution in [-0.2, 0) is 4.79 Å². The molecule has 1 aromatic carbocycles. The van der Waals surface area contributed by atoms with Crippen LogP contribution < -0.4 is 10.1 Å². The highest BCUT2D eigenvalue weighted by Gasteiger charge is 2.26. The first-order chi connectivity index (χ1) is 11.8. The number of para-hydroxylation sites is 1. The highest BCUT2D eigenvalue weighted by molar-refractivity contribution is 6.28. The van der Waals surface area contributed by atoms with Gasteiger partial charge < -0.3 is 15.0 Å². The molecule has 1 N–H and O–H groups in total. The Hall–Kier alpha value is -1.85. The van der Waals surface area contributed by atoms with E-state index >= 15 is 0 Å². The van der Waals surface area contributed by atoms with E-state index in [0.29, 0.717) is 11.3 Å². The third-order valence-electron chi connectivity index (χ3n) is 4.53. The molecule has 0 amide bonds. The summed E-state index contributed by atoms with van der Waals surface area (Å²) >= 11 is 0. The fourth-order valence-corrected chi connectivity index (χ4v) is 3.18. The predicted octanol–water partition coefficient (Wildman–Crippen LogP) is 2.60. The molecule has 2 heterocycles. The average molecular weight is 365 g/mol. The standard InChI is InChI=1S/C19H24N2O3.ClH/c22-17-14-24-18-8-3-2-7-15(18)19(23)16(17)13-20-9-6-12-21-10-4-1-5-11-21;/h2-3,7-8,13,20H,1,4-6,9-12,14H2;1H/b16-13-;. The summed E-state index contributed by atoms with van der Waals surface area (Å²) in [7, 11) is 0. The zero-order chi connectivity index (χ0) is 16.8. The first-order valence-corrected chi connectivity index (χ1v) is 8.71. The number of hydrogen-bond donors (Lipinski definition) is 1. The van der Waals surface area contributed by atoms with Crippen LogP contribution in [0.3, 0.4) is 0 Å². The smallest absolute Gasteiger partial charge is 0.205 e. The first kappa shape index (κ1) is 19.5. The van der Waals surface area contributed by atoms with E-state index in [2.05, 4.69) is 10.2 Å². The Morgan fingerprint density at radius 3 is 2.68 bits per heavy atom. The highest BCUT2D eigenvalue weighted by Crippen LogP contribution is 2.24. The third kappa shape index (κ3) is 5.06. The maximum Gasteiger partial charge on any atom is 0.205 e. The van der Waals surface area contributed by atoms with Crippen molar-refractivity contribution < 1.29 is 14.3 Å². The quantitative estimate of drug-likeness (QED) is 0.494. The Balaban J connectivity index is 0.00000225. The lowest BCUT2D eigenvalue weighted by Gasteiger charge is -2.26. The van der Waals surface area contributed by atoms with E-state index in [1.54, 1.807) is 30.5 Å². The van der Waals surface area contributed by atoms with Crippen LogP contribution in [0.15, 0.2) is 36.0 Å². The summed E-state index contributed by atoms with van der Waals surface area (Å²) in [6.45, 7) is 4.09. The summed E-state index contributed by atoms with van der Waals surface area (Å²) in [6.07, 6.45) is 6.49. The van der Waals surface area contributed by atoms with Crippen LogP contribution in [0.5, 0.6) is 5.75 Å². The van der Waals surface area contributed by atoms with Gasteiger partial charge in [-0.15, -0.1) is 12.4 Å². The van der Waals surface area contributed by atoms with Crippen LogP contribution in [0.2, 0.25) is 0 Å². The van der Waals surface area contributed by atoms with Crippen molar-refractivity contribution in [2.45, 2.75) is 25.7 Å². The number of benzene rings is 1. The van der Waals surface area contributed by atoms with Gasteiger partial charge in [-0.3, -0.25) is 9.59 Å². The van der Waals surface area contributed by atoms with Crippen molar-refractivity contribution in [1.82, 2.24) is 10.2 Å². The summed E-state index contributed by atoms with van der Waals surface area (Å²) in [5.74, 6) is -0.0688. The molecule has 1 fully saturated rings. The largest absolute Gasteiger partial charge is 0.485 e. The van der Waals surface area contributed by atoms with Gasteiger partial charge in [0.25, 0.3) is 0 Å². The minimum absolute atomic E-state index is 0. The number of ether oxygens (including phenoxy) is 1. The van der Waals surface area contributed by atoms with Gasteiger partial charge >= 0.3 is 0 Å². The fraction of sp³-hybridized carbons (Fsp3) is 0.474. The number of Topliss-reactive ketones (excluding diaryl/α,β-unsaturated/α-hetero) is 2. The number of halogens is 1. The van der Waals surface area contributed by atoms with Crippen molar-refractivity contribution in [2.75, 3.05) is 32.8 Å². The summed E-state index contributed by atoms with van der Waals surface area (Å²) in [5.41, 5.74) is 0.627. The zero-order valence-electron chi connectivity index (χ0n) is 14.3. The molecule has 0 atom stereocenters. The molecule has 2 aliphatic rings.